The van der Waals surface area contributed by atoms with Gasteiger partial charge in [-0.15, -0.1) is 0 Å². The van der Waals surface area contributed by atoms with Gasteiger partial charge in [0.2, 0.25) is 0 Å². The van der Waals surface area contributed by atoms with Gasteiger partial charge < -0.3 is 11.1 Å². The Morgan fingerprint density at radius 3 is 2.37 bits per heavy atom. The summed E-state index contributed by atoms with van der Waals surface area (Å²) in [5.41, 5.74) is 12.2. The van der Waals surface area contributed by atoms with Crippen LogP contribution in [0.3, 0.4) is 0 Å². The first kappa shape index (κ1) is 13.6. The molecule has 0 amide bonds. The van der Waals surface area contributed by atoms with Gasteiger partial charge in [0.25, 0.3) is 0 Å². The summed E-state index contributed by atoms with van der Waals surface area (Å²) in [6.45, 7) is 6.94. The Labute approximate surface area is 115 Å². The molecule has 0 aliphatic rings. The summed E-state index contributed by atoms with van der Waals surface area (Å²) in [6, 6.07) is 15.0. The summed E-state index contributed by atoms with van der Waals surface area (Å²) in [4.78, 5) is 0. The fourth-order valence-electron chi connectivity index (χ4n) is 2.40. The van der Waals surface area contributed by atoms with Crippen molar-refractivity contribution >= 4 is 5.69 Å². The van der Waals surface area contributed by atoms with Crippen molar-refractivity contribution in [3.63, 3.8) is 0 Å². The molecule has 2 nitrogen and oxygen atoms in total. The monoisotopic (exact) mass is 254 g/mol. The second kappa shape index (κ2) is 5.89. The van der Waals surface area contributed by atoms with E-state index in [4.69, 9.17) is 5.73 Å². The molecule has 1 unspecified atom stereocenters. The summed E-state index contributed by atoms with van der Waals surface area (Å²) in [5, 5.41) is 3.56. The molecule has 0 radical (unpaired) electrons. The van der Waals surface area contributed by atoms with E-state index in [0.717, 1.165) is 5.69 Å². The zero-order valence-electron chi connectivity index (χ0n) is 11.9. The molecule has 2 heteroatoms. The highest BCUT2D eigenvalue weighted by molar-refractivity contribution is 5.54. The Bertz CT molecular complexity index is 561. The lowest BCUT2D eigenvalue weighted by atomic mass is 10.0. The zero-order valence-corrected chi connectivity index (χ0v) is 11.9. The van der Waals surface area contributed by atoms with Crippen molar-refractivity contribution in [1.29, 1.82) is 0 Å². The molecule has 0 aliphatic carbocycles. The fourth-order valence-corrected chi connectivity index (χ4v) is 2.40. The third-order valence-corrected chi connectivity index (χ3v) is 3.51. The fraction of sp³-hybridized carbons (Fsp3) is 0.294. The van der Waals surface area contributed by atoms with Gasteiger partial charge in [-0.2, -0.15) is 0 Å². The van der Waals surface area contributed by atoms with Crippen molar-refractivity contribution in [2.24, 2.45) is 5.73 Å². The van der Waals surface area contributed by atoms with Gasteiger partial charge in [0.05, 0.1) is 6.04 Å². The first-order valence-corrected chi connectivity index (χ1v) is 6.71. The van der Waals surface area contributed by atoms with Gasteiger partial charge in [0.15, 0.2) is 0 Å². The van der Waals surface area contributed by atoms with Crippen LogP contribution in [-0.2, 0) is 0 Å². The number of anilines is 1. The minimum Gasteiger partial charge on any atom is -0.377 e. The van der Waals surface area contributed by atoms with Crippen molar-refractivity contribution < 1.29 is 0 Å². The van der Waals surface area contributed by atoms with Crippen LogP contribution in [0.4, 0.5) is 5.69 Å². The number of hydrogen-bond donors (Lipinski definition) is 2. The van der Waals surface area contributed by atoms with E-state index in [0.29, 0.717) is 6.54 Å². The Kier molecular flexibility index (Phi) is 4.23. The van der Waals surface area contributed by atoms with Crippen LogP contribution in [-0.4, -0.2) is 6.54 Å². The molecule has 19 heavy (non-hydrogen) atoms. The number of benzene rings is 2. The summed E-state index contributed by atoms with van der Waals surface area (Å²) < 4.78 is 0. The molecule has 0 aliphatic heterocycles. The molecule has 0 heterocycles. The van der Waals surface area contributed by atoms with Crippen molar-refractivity contribution in [3.05, 3.63) is 64.7 Å². The number of nitrogens with two attached hydrogens (primary N) is 1. The predicted octanol–water partition coefficient (Wildman–Crippen LogP) is 3.72. The molecule has 0 spiro atoms. The van der Waals surface area contributed by atoms with E-state index in [-0.39, 0.29) is 6.04 Å². The average molecular weight is 254 g/mol. The zero-order chi connectivity index (χ0) is 13.8. The third-order valence-electron chi connectivity index (χ3n) is 3.51. The molecule has 3 N–H and O–H groups in total. The minimum atomic E-state index is 0.155. The lowest BCUT2D eigenvalue weighted by Gasteiger charge is -2.22. The molecular weight excluding hydrogens is 232 g/mol. The third kappa shape index (κ3) is 3.15. The quantitative estimate of drug-likeness (QED) is 0.872. The molecule has 0 saturated heterocycles. The van der Waals surface area contributed by atoms with Gasteiger partial charge in [0, 0.05) is 12.2 Å². The summed E-state index contributed by atoms with van der Waals surface area (Å²) in [7, 11) is 0. The van der Waals surface area contributed by atoms with E-state index in [1.165, 1.54) is 22.3 Å². The van der Waals surface area contributed by atoms with Crippen molar-refractivity contribution in [2.75, 3.05) is 11.9 Å². The highest BCUT2D eigenvalue weighted by Crippen LogP contribution is 2.24. The van der Waals surface area contributed by atoms with Gasteiger partial charge in [-0.1, -0.05) is 42.0 Å². The van der Waals surface area contributed by atoms with Crippen molar-refractivity contribution in [3.8, 4) is 0 Å². The molecule has 1 atom stereocenters. The number of aryl methyl sites for hydroxylation is 3. The van der Waals surface area contributed by atoms with Gasteiger partial charge in [0.1, 0.15) is 0 Å². The number of rotatable bonds is 4. The van der Waals surface area contributed by atoms with Crippen LogP contribution < -0.4 is 11.1 Å². The normalized spacial score (nSPS) is 12.2. The SMILES string of the molecule is Cc1ccc(NC(CN)c2ccccc2C)c(C)c1. The molecule has 2 aromatic carbocycles. The van der Waals surface area contributed by atoms with Crippen LogP contribution in [0.15, 0.2) is 42.5 Å². The lowest BCUT2D eigenvalue weighted by Crippen LogP contribution is -2.21. The number of hydrogen-bond acceptors (Lipinski definition) is 2. The number of nitrogens with one attached hydrogen (secondary N) is 1. The maximum absolute atomic E-state index is 5.94. The van der Waals surface area contributed by atoms with Crippen LogP contribution >= 0.6 is 0 Å². The van der Waals surface area contributed by atoms with E-state index in [9.17, 15) is 0 Å². The maximum atomic E-state index is 5.94. The topological polar surface area (TPSA) is 38.0 Å². The molecular formula is C17H22N2. The second-order valence-corrected chi connectivity index (χ2v) is 5.11. The van der Waals surface area contributed by atoms with Crippen molar-refractivity contribution in [2.45, 2.75) is 26.8 Å². The smallest absolute Gasteiger partial charge is 0.0638 e. The molecule has 100 valence electrons. The van der Waals surface area contributed by atoms with Crippen LogP contribution in [0.1, 0.15) is 28.3 Å². The Morgan fingerprint density at radius 2 is 1.74 bits per heavy atom. The van der Waals surface area contributed by atoms with E-state index in [1.54, 1.807) is 0 Å². The van der Waals surface area contributed by atoms with Crippen LogP contribution in [0.5, 0.6) is 0 Å². The Balaban J connectivity index is 2.27. The molecule has 0 saturated carbocycles. The van der Waals surface area contributed by atoms with Crippen LogP contribution in [0, 0.1) is 20.8 Å². The van der Waals surface area contributed by atoms with Gasteiger partial charge in [-0.3, -0.25) is 0 Å². The highest BCUT2D eigenvalue weighted by Gasteiger charge is 2.12. The van der Waals surface area contributed by atoms with E-state index in [1.807, 2.05) is 0 Å². The largest absolute Gasteiger partial charge is 0.377 e. The summed E-state index contributed by atoms with van der Waals surface area (Å²) in [6.07, 6.45) is 0. The predicted molar refractivity (Wildman–Crippen MR) is 82.5 cm³/mol. The second-order valence-electron chi connectivity index (χ2n) is 5.11. The minimum absolute atomic E-state index is 0.155. The van der Waals surface area contributed by atoms with Crippen molar-refractivity contribution in [1.82, 2.24) is 0 Å². The van der Waals surface area contributed by atoms with E-state index >= 15 is 0 Å². The summed E-state index contributed by atoms with van der Waals surface area (Å²) in [5.74, 6) is 0. The van der Waals surface area contributed by atoms with E-state index < -0.39 is 0 Å². The summed E-state index contributed by atoms with van der Waals surface area (Å²) >= 11 is 0. The maximum Gasteiger partial charge on any atom is 0.0638 e. The van der Waals surface area contributed by atoms with Gasteiger partial charge in [-0.25, -0.2) is 0 Å². The van der Waals surface area contributed by atoms with Gasteiger partial charge in [-0.05, 0) is 43.5 Å². The first-order valence-electron chi connectivity index (χ1n) is 6.71. The van der Waals surface area contributed by atoms with Crippen LogP contribution in [0.2, 0.25) is 0 Å². The highest BCUT2D eigenvalue weighted by atomic mass is 14.9. The first-order chi connectivity index (χ1) is 9.11. The lowest BCUT2D eigenvalue weighted by molar-refractivity contribution is 0.782. The average Bonchev–Trinajstić information content (AvgIpc) is 2.39. The molecule has 2 aromatic rings. The van der Waals surface area contributed by atoms with Crippen LogP contribution in [0.25, 0.3) is 0 Å². The molecule has 0 aromatic heterocycles. The Morgan fingerprint density at radius 1 is 1.00 bits per heavy atom. The molecule has 2 rings (SSSR count). The molecule has 0 fully saturated rings. The Hall–Kier alpha value is -1.80. The van der Waals surface area contributed by atoms with Gasteiger partial charge >= 0.3 is 0 Å². The molecule has 0 bridgehead atoms. The standard InChI is InChI=1S/C17H22N2/c1-12-8-9-16(14(3)10-12)19-17(11-18)15-7-5-4-6-13(15)2/h4-10,17,19H,11,18H2,1-3H3. The van der Waals surface area contributed by atoms with E-state index in [2.05, 4.69) is 68.6 Å².